The number of ether oxygens (including phenoxy) is 1. The first-order valence-corrected chi connectivity index (χ1v) is 10.8. The highest BCUT2D eigenvalue weighted by atomic mass is 32.2. The molecule has 4 N–H and O–H groups in total. The van der Waals surface area contributed by atoms with Gasteiger partial charge in [0.15, 0.2) is 0 Å². The fraction of sp³-hybridized carbons (Fsp3) is 0.294. The summed E-state index contributed by atoms with van der Waals surface area (Å²) >= 11 is 1.05. The molecule has 0 aliphatic heterocycles. The molecule has 2 rings (SSSR count). The van der Waals surface area contributed by atoms with Gasteiger partial charge in [-0.25, -0.2) is 27.7 Å². The van der Waals surface area contributed by atoms with Gasteiger partial charge in [-0.3, -0.25) is 10.6 Å². The number of amides is 4. The second-order valence-corrected chi connectivity index (χ2v) is 8.96. The molecule has 0 unspecified atom stereocenters. The van der Waals surface area contributed by atoms with E-state index in [4.69, 9.17) is 10.00 Å². The molecule has 0 spiro atoms. The van der Waals surface area contributed by atoms with Gasteiger partial charge in [0.25, 0.3) is 10.0 Å². The van der Waals surface area contributed by atoms with Crippen LogP contribution in [-0.4, -0.2) is 46.2 Å². The highest BCUT2D eigenvalue weighted by molar-refractivity contribution is 7.92. The minimum atomic E-state index is -4.11. The maximum atomic E-state index is 12.5. The Morgan fingerprint density at radius 1 is 1.20 bits per heavy atom. The normalized spacial score (nSPS) is 10.7. The monoisotopic (exact) mass is 452 g/mol. The van der Waals surface area contributed by atoms with Gasteiger partial charge in [0, 0.05) is 25.5 Å². The second kappa shape index (κ2) is 10.0. The van der Waals surface area contributed by atoms with Gasteiger partial charge in [0.1, 0.15) is 15.8 Å². The number of nitriles is 1. The largest absolute Gasteiger partial charge is 0.384 e. The number of nitrogens with one attached hydrogen (secondary N) is 4. The van der Waals surface area contributed by atoms with Crippen molar-refractivity contribution in [1.29, 1.82) is 5.26 Å². The van der Waals surface area contributed by atoms with Crippen LogP contribution in [0.3, 0.4) is 0 Å². The molecule has 0 aromatic carbocycles. The first kappa shape index (κ1) is 23.1. The number of nitrogens with zero attached hydrogens (tertiary/aromatic N) is 2. The number of anilines is 2. The molecule has 2 heterocycles. The molecule has 13 heteroatoms. The Hall–Kier alpha value is -3.21. The lowest BCUT2D eigenvalue weighted by atomic mass is 10.2. The summed E-state index contributed by atoms with van der Waals surface area (Å²) in [5, 5.41) is 16.0. The lowest BCUT2D eigenvalue weighted by Gasteiger charge is -2.09. The van der Waals surface area contributed by atoms with Crippen LogP contribution < -0.4 is 20.7 Å². The average Bonchev–Trinajstić information content (AvgIpc) is 3.07. The fourth-order valence-electron chi connectivity index (χ4n) is 2.28. The third-order valence-electron chi connectivity index (χ3n) is 3.69. The molecular weight excluding hydrogens is 432 g/mol. The summed E-state index contributed by atoms with van der Waals surface area (Å²) in [5.74, 6) is -0.112. The van der Waals surface area contributed by atoms with E-state index < -0.39 is 22.1 Å². The van der Waals surface area contributed by atoms with Crippen LogP contribution in [0.25, 0.3) is 0 Å². The predicted octanol–water partition coefficient (Wildman–Crippen LogP) is 1.77. The van der Waals surface area contributed by atoms with Crippen LogP contribution in [0.5, 0.6) is 0 Å². The van der Waals surface area contributed by atoms with Gasteiger partial charge in [-0.2, -0.15) is 5.26 Å². The number of rotatable bonds is 7. The predicted molar refractivity (Wildman–Crippen MR) is 111 cm³/mol. The van der Waals surface area contributed by atoms with Gasteiger partial charge in [0.05, 0.1) is 18.2 Å². The minimum Gasteiger partial charge on any atom is -0.384 e. The SMILES string of the molecule is CNC(=O)Nc1cc(C#N)cc(NC(=O)NS(=O)(=O)c2cc(C)c(CCOC)s2)n1. The van der Waals surface area contributed by atoms with Gasteiger partial charge in [-0.05, 0) is 30.7 Å². The summed E-state index contributed by atoms with van der Waals surface area (Å²) < 4.78 is 31.9. The molecule has 4 amide bonds. The summed E-state index contributed by atoms with van der Waals surface area (Å²) in [4.78, 5) is 28.4. The van der Waals surface area contributed by atoms with Crippen molar-refractivity contribution in [1.82, 2.24) is 15.0 Å². The number of carbonyl (C=O) groups excluding carboxylic acids is 2. The Balaban J connectivity index is 2.15. The molecular formula is C17H20N6O5S2. The van der Waals surface area contributed by atoms with E-state index in [1.54, 1.807) is 14.0 Å². The molecule has 0 aliphatic carbocycles. The van der Waals surface area contributed by atoms with Crippen LogP contribution in [0.15, 0.2) is 22.4 Å². The van der Waals surface area contributed by atoms with Crippen LogP contribution in [0.4, 0.5) is 21.2 Å². The fourth-order valence-corrected chi connectivity index (χ4v) is 4.76. The summed E-state index contributed by atoms with van der Waals surface area (Å²) in [5.41, 5.74) is 0.886. The Morgan fingerprint density at radius 3 is 2.40 bits per heavy atom. The number of aromatic nitrogens is 1. The van der Waals surface area contributed by atoms with E-state index >= 15 is 0 Å². The van der Waals surface area contributed by atoms with Crippen LogP contribution in [0.1, 0.15) is 16.0 Å². The van der Waals surface area contributed by atoms with Gasteiger partial charge in [-0.1, -0.05) is 0 Å². The smallest absolute Gasteiger partial charge is 0.334 e. The first-order chi connectivity index (χ1) is 14.2. The van der Waals surface area contributed by atoms with E-state index in [0.29, 0.717) is 13.0 Å². The maximum absolute atomic E-state index is 12.5. The quantitative estimate of drug-likeness (QED) is 0.497. The molecule has 0 fully saturated rings. The number of aryl methyl sites for hydroxylation is 1. The van der Waals surface area contributed by atoms with Gasteiger partial charge in [0.2, 0.25) is 0 Å². The average molecular weight is 453 g/mol. The maximum Gasteiger partial charge on any atom is 0.334 e. The summed E-state index contributed by atoms with van der Waals surface area (Å²) in [7, 11) is -1.16. The van der Waals surface area contributed by atoms with Crippen molar-refractivity contribution in [3.05, 3.63) is 34.2 Å². The van der Waals surface area contributed by atoms with Crippen molar-refractivity contribution < 1.29 is 22.7 Å². The number of carbonyl (C=O) groups is 2. The van der Waals surface area contributed by atoms with E-state index in [-0.39, 0.29) is 21.4 Å². The molecule has 0 atom stereocenters. The Morgan fingerprint density at radius 2 is 1.83 bits per heavy atom. The minimum absolute atomic E-state index is 0.00298. The van der Waals surface area contributed by atoms with Gasteiger partial charge in [-0.15, -0.1) is 11.3 Å². The molecule has 0 saturated heterocycles. The van der Waals surface area contributed by atoms with Crippen molar-refractivity contribution >= 4 is 45.1 Å². The standard InChI is InChI=1S/C17H20N6O5S2/c1-10-6-15(29-12(10)4-5-28-3)30(26,27)23-17(25)22-14-8-11(9-18)7-13(20-14)21-16(24)19-2/h6-8H,4-5H2,1-3H3,(H4,19,20,21,22,23,24,25). The highest BCUT2D eigenvalue weighted by Gasteiger charge is 2.22. The van der Waals surface area contributed by atoms with Crippen LogP contribution >= 0.6 is 11.3 Å². The Bertz CT molecular complexity index is 1090. The van der Waals surface area contributed by atoms with Crippen LogP contribution in [-0.2, 0) is 21.2 Å². The van der Waals surface area contributed by atoms with Crippen molar-refractivity contribution in [3.8, 4) is 6.07 Å². The van der Waals surface area contributed by atoms with Crippen molar-refractivity contribution in [2.24, 2.45) is 0 Å². The molecule has 2 aromatic rings. The number of hydrogen-bond donors (Lipinski definition) is 4. The molecule has 0 saturated carbocycles. The van der Waals surface area contributed by atoms with Gasteiger partial charge < -0.3 is 10.1 Å². The number of hydrogen-bond acceptors (Lipinski definition) is 8. The Kier molecular flexibility index (Phi) is 7.70. The van der Waals surface area contributed by atoms with E-state index in [1.165, 1.54) is 25.2 Å². The number of thiophene rings is 1. The second-order valence-electron chi connectivity index (χ2n) is 5.92. The van der Waals surface area contributed by atoms with Crippen LogP contribution in [0.2, 0.25) is 0 Å². The summed E-state index contributed by atoms with van der Waals surface area (Å²) in [6.07, 6.45) is 0.556. The molecule has 30 heavy (non-hydrogen) atoms. The third-order valence-corrected chi connectivity index (χ3v) is 6.79. The summed E-state index contributed by atoms with van der Waals surface area (Å²) in [6.45, 7) is 2.22. The van der Waals surface area contributed by atoms with E-state index in [1.807, 2.05) is 10.8 Å². The lowest BCUT2D eigenvalue weighted by Crippen LogP contribution is -2.34. The zero-order valence-corrected chi connectivity index (χ0v) is 18.0. The lowest BCUT2D eigenvalue weighted by molar-refractivity contribution is 0.203. The number of sulfonamides is 1. The molecule has 2 aromatic heterocycles. The van der Waals surface area contributed by atoms with E-state index in [9.17, 15) is 18.0 Å². The van der Waals surface area contributed by atoms with E-state index in [2.05, 4.69) is 20.9 Å². The molecule has 0 radical (unpaired) electrons. The van der Waals surface area contributed by atoms with E-state index in [0.717, 1.165) is 21.8 Å². The molecule has 0 bridgehead atoms. The molecule has 0 aliphatic rings. The Labute approximate surface area is 177 Å². The van der Waals surface area contributed by atoms with Crippen LogP contribution in [0, 0.1) is 18.3 Å². The number of pyridine rings is 1. The molecule has 160 valence electrons. The topological polar surface area (TPSA) is 162 Å². The van der Waals surface area contributed by atoms with Crippen molar-refractivity contribution in [2.75, 3.05) is 31.4 Å². The van der Waals surface area contributed by atoms with Gasteiger partial charge >= 0.3 is 12.1 Å². The number of urea groups is 2. The third kappa shape index (κ3) is 6.14. The van der Waals surface area contributed by atoms with Crippen molar-refractivity contribution in [3.63, 3.8) is 0 Å². The molecule has 11 nitrogen and oxygen atoms in total. The summed E-state index contributed by atoms with van der Waals surface area (Å²) in [6, 6.07) is 4.23. The number of methoxy groups -OCH3 is 1. The van der Waals surface area contributed by atoms with Crippen molar-refractivity contribution in [2.45, 2.75) is 17.6 Å². The highest BCUT2D eigenvalue weighted by Crippen LogP contribution is 2.26. The zero-order chi connectivity index (χ0) is 22.3. The zero-order valence-electron chi connectivity index (χ0n) is 16.4. The first-order valence-electron chi connectivity index (χ1n) is 8.51.